The summed E-state index contributed by atoms with van der Waals surface area (Å²) in [6.45, 7) is 2.43. The first-order valence-electron chi connectivity index (χ1n) is 7.05. The van der Waals surface area contributed by atoms with Gasteiger partial charge in [-0.15, -0.1) is 0 Å². The molecule has 0 saturated heterocycles. The van der Waals surface area contributed by atoms with Crippen LogP contribution in [0.25, 0.3) is 11.4 Å². The Kier molecular flexibility index (Phi) is 3.78. The van der Waals surface area contributed by atoms with E-state index in [1.165, 1.54) is 37.8 Å². The number of halogens is 1. The second-order valence-corrected chi connectivity index (χ2v) is 5.33. The van der Waals surface area contributed by atoms with Gasteiger partial charge >= 0.3 is 0 Å². The van der Waals surface area contributed by atoms with Gasteiger partial charge in [0.1, 0.15) is 5.82 Å². The third kappa shape index (κ3) is 2.88. The Bertz CT molecular complexity index is 591. The highest BCUT2D eigenvalue weighted by atomic mass is 19.1. The molecule has 0 amide bonds. The van der Waals surface area contributed by atoms with Crippen molar-refractivity contribution in [1.29, 1.82) is 0 Å². The molecule has 0 bridgehead atoms. The molecule has 106 valence electrons. The number of benzene rings is 1. The highest BCUT2D eigenvalue weighted by Crippen LogP contribution is 2.22. The van der Waals surface area contributed by atoms with Gasteiger partial charge < -0.3 is 9.84 Å². The summed E-state index contributed by atoms with van der Waals surface area (Å²) < 4.78 is 18.3. The van der Waals surface area contributed by atoms with Crippen molar-refractivity contribution in [2.45, 2.75) is 45.2 Å². The van der Waals surface area contributed by atoms with Crippen molar-refractivity contribution in [2.24, 2.45) is 0 Å². The van der Waals surface area contributed by atoms with Crippen LogP contribution in [0.1, 0.15) is 37.1 Å². The van der Waals surface area contributed by atoms with Crippen LogP contribution in [-0.2, 0) is 6.54 Å². The molecule has 20 heavy (non-hydrogen) atoms. The van der Waals surface area contributed by atoms with Gasteiger partial charge in [-0.3, -0.25) is 0 Å². The standard InChI is InChI=1S/C15H18FN3O/c1-10-8-11(16)6-7-13(10)15-18-14(20-19-15)9-17-12-4-2-3-5-12/h6-8,12,17H,2-5,9H2,1H3. The molecule has 1 aliphatic carbocycles. The third-order valence-corrected chi connectivity index (χ3v) is 3.79. The Morgan fingerprint density at radius 2 is 2.15 bits per heavy atom. The van der Waals surface area contributed by atoms with Gasteiger partial charge in [0.15, 0.2) is 0 Å². The topological polar surface area (TPSA) is 51.0 Å². The summed E-state index contributed by atoms with van der Waals surface area (Å²) >= 11 is 0. The number of hydrogen-bond donors (Lipinski definition) is 1. The third-order valence-electron chi connectivity index (χ3n) is 3.79. The molecule has 0 atom stereocenters. The summed E-state index contributed by atoms with van der Waals surface area (Å²) in [4.78, 5) is 4.37. The Morgan fingerprint density at radius 1 is 1.35 bits per heavy atom. The molecule has 2 aromatic rings. The van der Waals surface area contributed by atoms with Gasteiger partial charge in [-0.1, -0.05) is 18.0 Å². The number of rotatable bonds is 4. The average Bonchev–Trinajstić information content (AvgIpc) is 3.07. The summed E-state index contributed by atoms with van der Waals surface area (Å²) in [5.41, 5.74) is 1.61. The van der Waals surface area contributed by atoms with E-state index in [0.717, 1.165) is 11.1 Å². The fraction of sp³-hybridized carbons (Fsp3) is 0.467. The van der Waals surface area contributed by atoms with Crippen molar-refractivity contribution in [3.63, 3.8) is 0 Å². The number of aryl methyl sites for hydroxylation is 1. The second-order valence-electron chi connectivity index (χ2n) is 5.33. The molecule has 1 aliphatic rings. The van der Waals surface area contributed by atoms with Crippen LogP contribution in [0.2, 0.25) is 0 Å². The molecule has 5 heteroatoms. The summed E-state index contributed by atoms with van der Waals surface area (Å²) in [5.74, 6) is 0.846. The lowest BCUT2D eigenvalue weighted by atomic mass is 10.1. The van der Waals surface area contributed by atoms with E-state index < -0.39 is 0 Å². The first-order valence-corrected chi connectivity index (χ1v) is 7.05. The Balaban J connectivity index is 1.69. The van der Waals surface area contributed by atoms with Crippen LogP contribution in [0.5, 0.6) is 0 Å². The molecule has 3 rings (SSSR count). The maximum Gasteiger partial charge on any atom is 0.240 e. The Morgan fingerprint density at radius 3 is 2.90 bits per heavy atom. The number of nitrogens with one attached hydrogen (secondary N) is 1. The zero-order valence-corrected chi connectivity index (χ0v) is 11.5. The minimum Gasteiger partial charge on any atom is -0.338 e. The lowest BCUT2D eigenvalue weighted by molar-refractivity contribution is 0.357. The van der Waals surface area contributed by atoms with E-state index in [0.29, 0.717) is 24.3 Å². The molecule has 1 N–H and O–H groups in total. The van der Waals surface area contributed by atoms with Crippen LogP contribution in [0.3, 0.4) is 0 Å². The van der Waals surface area contributed by atoms with Gasteiger partial charge in [0, 0.05) is 11.6 Å². The van der Waals surface area contributed by atoms with Gasteiger partial charge in [-0.05, 0) is 43.5 Å². The van der Waals surface area contributed by atoms with Crippen molar-refractivity contribution in [3.8, 4) is 11.4 Å². The van der Waals surface area contributed by atoms with Crippen LogP contribution >= 0.6 is 0 Å². The van der Waals surface area contributed by atoms with E-state index in [2.05, 4.69) is 15.5 Å². The molecular formula is C15H18FN3O. The molecule has 0 unspecified atom stereocenters. The zero-order valence-electron chi connectivity index (χ0n) is 11.5. The normalized spacial score (nSPS) is 15.9. The Hall–Kier alpha value is -1.75. The fourth-order valence-electron chi connectivity index (χ4n) is 2.68. The molecule has 4 nitrogen and oxygen atoms in total. The lowest BCUT2D eigenvalue weighted by Gasteiger charge is -2.08. The molecular weight excluding hydrogens is 257 g/mol. The quantitative estimate of drug-likeness (QED) is 0.930. The minimum atomic E-state index is -0.252. The fourth-order valence-corrected chi connectivity index (χ4v) is 2.68. The van der Waals surface area contributed by atoms with Gasteiger partial charge in [0.25, 0.3) is 0 Å². The van der Waals surface area contributed by atoms with Crippen LogP contribution in [0.4, 0.5) is 4.39 Å². The maximum absolute atomic E-state index is 13.1. The van der Waals surface area contributed by atoms with Gasteiger partial charge in [0.2, 0.25) is 11.7 Å². The number of hydrogen-bond acceptors (Lipinski definition) is 4. The minimum absolute atomic E-state index is 0.252. The van der Waals surface area contributed by atoms with Gasteiger partial charge in [0.05, 0.1) is 6.54 Å². The molecule has 1 heterocycles. The summed E-state index contributed by atoms with van der Waals surface area (Å²) in [5, 5.41) is 7.40. The SMILES string of the molecule is Cc1cc(F)ccc1-c1noc(CNC2CCCC2)n1. The van der Waals surface area contributed by atoms with E-state index in [1.54, 1.807) is 6.07 Å². The van der Waals surface area contributed by atoms with Gasteiger partial charge in [-0.2, -0.15) is 4.98 Å². The number of aromatic nitrogens is 2. The molecule has 1 fully saturated rings. The van der Waals surface area contributed by atoms with Crippen molar-refractivity contribution < 1.29 is 8.91 Å². The first kappa shape index (κ1) is 13.2. The summed E-state index contributed by atoms with van der Waals surface area (Å²) in [6.07, 6.45) is 5.03. The monoisotopic (exact) mass is 275 g/mol. The molecule has 0 radical (unpaired) electrons. The van der Waals surface area contributed by atoms with E-state index in [9.17, 15) is 4.39 Å². The van der Waals surface area contributed by atoms with Crippen molar-refractivity contribution in [2.75, 3.05) is 0 Å². The van der Waals surface area contributed by atoms with Crippen molar-refractivity contribution in [1.82, 2.24) is 15.5 Å². The molecule has 1 aromatic heterocycles. The van der Waals surface area contributed by atoms with E-state index in [4.69, 9.17) is 4.52 Å². The predicted molar refractivity (Wildman–Crippen MR) is 73.5 cm³/mol. The van der Waals surface area contributed by atoms with Crippen LogP contribution in [0, 0.1) is 12.7 Å². The highest BCUT2D eigenvalue weighted by molar-refractivity contribution is 5.59. The number of nitrogens with zero attached hydrogens (tertiary/aromatic N) is 2. The van der Waals surface area contributed by atoms with Crippen molar-refractivity contribution >= 4 is 0 Å². The maximum atomic E-state index is 13.1. The lowest BCUT2D eigenvalue weighted by Crippen LogP contribution is -2.25. The highest BCUT2D eigenvalue weighted by Gasteiger charge is 2.16. The molecule has 1 saturated carbocycles. The summed E-state index contributed by atoms with van der Waals surface area (Å²) in [6, 6.07) is 5.14. The molecule has 0 aliphatic heterocycles. The summed E-state index contributed by atoms with van der Waals surface area (Å²) in [7, 11) is 0. The van der Waals surface area contributed by atoms with E-state index in [1.807, 2.05) is 6.92 Å². The largest absolute Gasteiger partial charge is 0.338 e. The van der Waals surface area contributed by atoms with Crippen LogP contribution in [-0.4, -0.2) is 16.2 Å². The van der Waals surface area contributed by atoms with Crippen LogP contribution < -0.4 is 5.32 Å². The van der Waals surface area contributed by atoms with Gasteiger partial charge in [-0.25, -0.2) is 4.39 Å². The molecule has 0 spiro atoms. The van der Waals surface area contributed by atoms with Crippen LogP contribution in [0.15, 0.2) is 22.7 Å². The molecule has 1 aromatic carbocycles. The smallest absolute Gasteiger partial charge is 0.240 e. The second kappa shape index (κ2) is 5.71. The average molecular weight is 275 g/mol. The Labute approximate surface area is 117 Å². The predicted octanol–water partition coefficient (Wildman–Crippen LogP) is 3.22. The first-order chi connectivity index (χ1) is 9.72. The van der Waals surface area contributed by atoms with Crippen molar-refractivity contribution in [3.05, 3.63) is 35.5 Å². The van der Waals surface area contributed by atoms with E-state index in [-0.39, 0.29) is 5.82 Å². The zero-order chi connectivity index (χ0) is 13.9. The van der Waals surface area contributed by atoms with E-state index >= 15 is 0 Å².